The number of ether oxygens (including phenoxy) is 1. The molecule has 5 heteroatoms. The standard InChI is InChI=1S/C14H10Cl2FIO/c1-19-13-5-2-8(15)6-11(13)14(16)10-4-3-9(17)7-12(10)18/h2-7,14H,1H3. The molecule has 0 aliphatic rings. The normalized spacial score (nSPS) is 12.3. The second-order valence-corrected chi connectivity index (χ2v) is 5.95. The predicted octanol–water partition coefficient (Wildman–Crippen LogP) is 5.42. The highest BCUT2D eigenvalue weighted by atomic mass is 127. The second kappa shape index (κ2) is 6.29. The third kappa shape index (κ3) is 3.33. The summed E-state index contributed by atoms with van der Waals surface area (Å²) < 4.78 is 19.2. The molecule has 0 spiro atoms. The van der Waals surface area contributed by atoms with Crippen LogP contribution in [0.1, 0.15) is 16.5 Å². The number of methoxy groups -OCH3 is 1. The van der Waals surface area contributed by atoms with Crippen molar-refractivity contribution in [1.82, 2.24) is 0 Å². The SMILES string of the molecule is COc1ccc(Cl)cc1C(Cl)c1ccc(F)cc1I. The van der Waals surface area contributed by atoms with Crippen molar-refractivity contribution in [3.05, 3.63) is 61.9 Å². The molecule has 2 aromatic rings. The fraction of sp³-hybridized carbons (Fsp3) is 0.143. The van der Waals surface area contributed by atoms with E-state index in [-0.39, 0.29) is 5.82 Å². The third-order valence-corrected chi connectivity index (χ3v) is 4.34. The third-order valence-electron chi connectivity index (χ3n) is 2.70. The Morgan fingerprint density at radius 3 is 2.53 bits per heavy atom. The maximum atomic E-state index is 13.1. The molecule has 0 saturated heterocycles. The van der Waals surface area contributed by atoms with Crippen LogP contribution in [0.2, 0.25) is 5.02 Å². The molecule has 0 N–H and O–H groups in total. The lowest BCUT2D eigenvalue weighted by molar-refractivity contribution is 0.410. The van der Waals surface area contributed by atoms with Gasteiger partial charge in [0.25, 0.3) is 0 Å². The average Bonchev–Trinajstić information content (AvgIpc) is 2.38. The molecule has 0 bridgehead atoms. The minimum atomic E-state index is -0.443. The average molecular weight is 411 g/mol. The summed E-state index contributed by atoms with van der Waals surface area (Å²) in [6.45, 7) is 0. The largest absolute Gasteiger partial charge is 0.496 e. The van der Waals surface area contributed by atoms with Crippen molar-refractivity contribution in [3.63, 3.8) is 0 Å². The molecule has 1 nitrogen and oxygen atoms in total. The van der Waals surface area contributed by atoms with Gasteiger partial charge in [0.15, 0.2) is 0 Å². The van der Waals surface area contributed by atoms with Crippen LogP contribution in [0.5, 0.6) is 5.75 Å². The van der Waals surface area contributed by atoms with Crippen LogP contribution in [-0.2, 0) is 0 Å². The van der Waals surface area contributed by atoms with Gasteiger partial charge in [-0.2, -0.15) is 0 Å². The second-order valence-electron chi connectivity index (χ2n) is 3.91. The van der Waals surface area contributed by atoms with Crippen LogP contribution in [0.4, 0.5) is 4.39 Å². The van der Waals surface area contributed by atoms with E-state index in [0.29, 0.717) is 10.8 Å². The van der Waals surface area contributed by atoms with Crippen LogP contribution >= 0.6 is 45.8 Å². The first-order valence-corrected chi connectivity index (χ1v) is 7.34. The van der Waals surface area contributed by atoms with Gasteiger partial charge in [-0.25, -0.2) is 4.39 Å². The summed E-state index contributed by atoms with van der Waals surface area (Å²) in [4.78, 5) is 0. The molecule has 1 atom stereocenters. The Morgan fingerprint density at radius 1 is 1.16 bits per heavy atom. The van der Waals surface area contributed by atoms with Crippen LogP contribution in [0.3, 0.4) is 0 Å². The summed E-state index contributed by atoms with van der Waals surface area (Å²) in [7, 11) is 1.58. The number of alkyl halides is 1. The van der Waals surface area contributed by atoms with Gasteiger partial charge in [0, 0.05) is 14.2 Å². The molecule has 2 rings (SSSR count). The van der Waals surface area contributed by atoms with E-state index in [0.717, 1.165) is 14.7 Å². The van der Waals surface area contributed by atoms with Gasteiger partial charge in [-0.3, -0.25) is 0 Å². The lowest BCUT2D eigenvalue weighted by Crippen LogP contribution is -2.00. The van der Waals surface area contributed by atoms with Crippen LogP contribution in [0, 0.1) is 9.39 Å². The van der Waals surface area contributed by atoms with Gasteiger partial charge in [0.2, 0.25) is 0 Å². The monoisotopic (exact) mass is 410 g/mol. The molecule has 1 unspecified atom stereocenters. The Hall–Kier alpha value is -0.520. The molecule has 100 valence electrons. The molecule has 0 heterocycles. The first kappa shape index (κ1) is 14.9. The fourth-order valence-electron chi connectivity index (χ4n) is 1.78. The van der Waals surface area contributed by atoms with E-state index in [1.807, 2.05) is 0 Å². The topological polar surface area (TPSA) is 9.23 Å². The lowest BCUT2D eigenvalue weighted by atomic mass is 10.0. The Bertz CT molecular complexity index is 604. The number of hydrogen-bond donors (Lipinski definition) is 0. The number of halogens is 4. The van der Waals surface area contributed by atoms with E-state index in [4.69, 9.17) is 27.9 Å². The highest BCUT2D eigenvalue weighted by Crippen LogP contribution is 2.38. The van der Waals surface area contributed by atoms with E-state index in [1.54, 1.807) is 31.4 Å². The van der Waals surface area contributed by atoms with Crippen LogP contribution in [0.25, 0.3) is 0 Å². The van der Waals surface area contributed by atoms with Crippen molar-refractivity contribution >= 4 is 45.8 Å². The Labute approximate surface area is 134 Å². The minimum Gasteiger partial charge on any atom is -0.496 e. The predicted molar refractivity (Wildman–Crippen MR) is 84.8 cm³/mol. The van der Waals surface area contributed by atoms with Gasteiger partial charge in [0.1, 0.15) is 11.6 Å². The van der Waals surface area contributed by atoms with Crippen molar-refractivity contribution < 1.29 is 9.13 Å². The number of hydrogen-bond acceptors (Lipinski definition) is 1. The highest BCUT2D eigenvalue weighted by Gasteiger charge is 2.18. The van der Waals surface area contributed by atoms with E-state index in [9.17, 15) is 4.39 Å². The van der Waals surface area contributed by atoms with Gasteiger partial charge in [-0.05, 0) is 58.5 Å². The highest BCUT2D eigenvalue weighted by molar-refractivity contribution is 14.1. The molecule has 0 aliphatic heterocycles. The zero-order chi connectivity index (χ0) is 14.0. The van der Waals surface area contributed by atoms with E-state index in [2.05, 4.69) is 22.6 Å². The molecular weight excluding hydrogens is 401 g/mol. The first-order valence-electron chi connectivity index (χ1n) is 5.45. The minimum absolute atomic E-state index is 0.282. The molecule has 0 aliphatic carbocycles. The molecule has 0 fully saturated rings. The van der Waals surface area contributed by atoms with E-state index < -0.39 is 5.38 Å². The summed E-state index contributed by atoms with van der Waals surface area (Å²) in [6.07, 6.45) is 0. The van der Waals surface area contributed by atoms with Crippen LogP contribution in [-0.4, -0.2) is 7.11 Å². The van der Waals surface area contributed by atoms with Crippen molar-refractivity contribution in [1.29, 1.82) is 0 Å². The Balaban J connectivity index is 2.49. The van der Waals surface area contributed by atoms with E-state index in [1.165, 1.54) is 12.1 Å². The van der Waals surface area contributed by atoms with Gasteiger partial charge >= 0.3 is 0 Å². The maximum absolute atomic E-state index is 13.1. The summed E-state index contributed by atoms with van der Waals surface area (Å²) in [6, 6.07) is 9.78. The van der Waals surface area contributed by atoms with Gasteiger partial charge in [-0.1, -0.05) is 17.7 Å². The number of benzene rings is 2. The first-order chi connectivity index (χ1) is 9.02. The lowest BCUT2D eigenvalue weighted by Gasteiger charge is -2.16. The molecule has 2 aromatic carbocycles. The Kier molecular flexibility index (Phi) is 4.92. The van der Waals surface area contributed by atoms with Crippen molar-refractivity contribution in [3.8, 4) is 5.75 Å². The van der Waals surface area contributed by atoms with Gasteiger partial charge in [-0.15, -0.1) is 11.6 Å². The Morgan fingerprint density at radius 2 is 1.89 bits per heavy atom. The zero-order valence-corrected chi connectivity index (χ0v) is 13.6. The molecular formula is C14H10Cl2FIO. The smallest absolute Gasteiger partial charge is 0.124 e. The van der Waals surface area contributed by atoms with Crippen LogP contribution < -0.4 is 4.74 Å². The molecule has 0 saturated carbocycles. The molecule has 0 aromatic heterocycles. The summed E-state index contributed by atoms with van der Waals surface area (Å²) in [5, 5.41) is 0.139. The van der Waals surface area contributed by atoms with Crippen molar-refractivity contribution in [2.24, 2.45) is 0 Å². The quantitative estimate of drug-likeness (QED) is 0.484. The molecule has 0 amide bonds. The summed E-state index contributed by atoms with van der Waals surface area (Å²) in [5.74, 6) is 0.375. The van der Waals surface area contributed by atoms with Crippen molar-refractivity contribution in [2.75, 3.05) is 7.11 Å². The van der Waals surface area contributed by atoms with E-state index >= 15 is 0 Å². The van der Waals surface area contributed by atoms with Gasteiger partial charge < -0.3 is 4.74 Å². The van der Waals surface area contributed by atoms with Crippen LogP contribution in [0.15, 0.2) is 36.4 Å². The zero-order valence-electron chi connectivity index (χ0n) is 9.96. The molecule has 0 radical (unpaired) electrons. The fourth-order valence-corrected chi connectivity index (χ4v) is 3.29. The number of rotatable bonds is 3. The molecule has 19 heavy (non-hydrogen) atoms. The van der Waals surface area contributed by atoms with Gasteiger partial charge in [0.05, 0.1) is 12.5 Å². The maximum Gasteiger partial charge on any atom is 0.124 e. The van der Waals surface area contributed by atoms with Crippen molar-refractivity contribution in [2.45, 2.75) is 5.38 Å². The summed E-state index contributed by atoms with van der Waals surface area (Å²) in [5.41, 5.74) is 1.59. The summed E-state index contributed by atoms with van der Waals surface area (Å²) >= 11 is 14.5.